The topological polar surface area (TPSA) is 50.4 Å². The van der Waals surface area contributed by atoms with E-state index >= 15 is 0 Å². The van der Waals surface area contributed by atoms with Gasteiger partial charge in [-0.15, -0.1) is 0 Å². The Balaban J connectivity index is 1.71. The number of benzene rings is 1. The van der Waals surface area contributed by atoms with E-state index in [2.05, 4.69) is 22.8 Å². The fourth-order valence-electron chi connectivity index (χ4n) is 4.02. The maximum Gasteiger partial charge on any atom is 0.251 e. The van der Waals surface area contributed by atoms with E-state index < -0.39 is 0 Å². The number of carbonyl (C=O) groups excluding carboxylic acids is 1. The van der Waals surface area contributed by atoms with Gasteiger partial charge in [0.05, 0.1) is 12.1 Å². The Hall–Kier alpha value is -1.39. The van der Waals surface area contributed by atoms with Crippen LogP contribution in [0.15, 0.2) is 24.3 Å². The molecular formula is C19H28N2O2. The number of methoxy groups -OCH3 is 1. The molecule has 2 N–H and O–H groups in total. The first-order valence-corrected chi connectivity index (χ1v) is 8.85. The van der Waals surface area contributed by atoms with Crippen molar-refractivity contribution in [3.8, 4) is 0 Å². The van der Waals surface area contributed by atoms with Crippen LogP contribution in [0.1, 0.15) is 60.4 Å². The first-order chi connectivity index (χ1) is 11.2. The molecule has 0 spiro atoms. The van der Waals surface area contributed by atoms with Crippen molar-refractivity contribution >= 4 is 5.91 Å². The van der Waals surface area contributed by atoms with Crippen LogP contribution in [0.25, 0.3) is 0 Å². The zero-order chi connectivity index (χ0) is 16.1. The highest BCUT2D eigenvalue weighted by Crippen LogP contribution is 2.30. The number of hydrogen-bond donors (Lipinski definition) is 2. The maximum atomic E-state index is 12.7. The molecule has 0 aromatic heterocycles. The molecule has 0 unspecified atom stereocenters. The fraction of sp³-hybridized carbons (Fsp3) is 0.632. The van der Waals surface area contributed by atoms with Gasteiger partial charge in [-0.05, 0) is 55.8 Å². The van der Waals surface area contributed by atoms with Gasteiger partial charge in [0.25, 0.3) is 5.91 Å². The smallest absolute Gasteiger partial charge is 0.251 e. The molecule has 1 aromatic carbocycles. The van der Waals surface area contributed by atoms with Crippen molar-refractivity contribution in [1.82, 2.24) is 10.6 Å². The van der Waals surface area contributed by atoms with Gasteiger partial charge >= 0.3 is 0 Å². The van der Waals surface area contributed by atoms with Crippen LogP contribution in [0, 0.1) is 0 Å². The predicted molar refractivity (Wildman–Crippen MR) is 91.8 cm³/mol. The van der Waals surface area contributed by atoms with Crippen molar-refractivity contribution in [1.29, 1.82) is 0 Å². The molecule has 0 radical (unpaired) electrons. The molecule has 1 aromatic rings. The molecule has 1 heterocycles. The number of carbonyl (C=O) groups is 1. The highest BCUT2D eigenvalue weighted by Gasteiger charge is 2.35. The Labute approximate surface area is 139 Å². The number of rotatable bonds is 5. The van der Waals surface area contributed by atoms with Gasteiger partial charge in [-0.2, -0.15) is 0 Å². The van der Waals surface area contributed by atoms with Crippen LogP contribution in [0.4, 0.5) is 0 Å². The molecule has 2 fully saturated rings. The molecule has 1 aliphatic heterocycles. The van der Waals surface area contributed by atoms with Crippen molar-refractivity contribution < 1.29 is 9.53 Å². The zero-order valence-electron chi connectivity index (χ0n) is 14.1. The minimum Gasteiger partial charge on any atom is -0.382 e. The molecule has 2 aliphatic rings. The van der Waals surface area contributed by atoms with Crippen LogP contribution in [-0.2, 0) is 4.74 Å². The highest BCUT2D eigenvalue weighted by molar-refractivity contribution is 5.95. The minimum absolute atomic E-state index is 0.0366. The van der Waals surface area contributed by atoms with Crippen LogP contribution in [0.2, 0.25) is 0 Å². The molecule has 1 saturated heterocycles. The number of amides is 1. The van der Waals surface area contributed by atoms with Gasteiger partial charge in [-0.3, -0.25) is 4.79 Å². The second-order valence-electron chi connectivity index (χ2n) is 7.04. The summed E-state index contributed by atoms with van der Waals surface area (Å²) in [6.45, 7) is 2.72. The molecule has 1 amide bonds. The Morgan fingerprint density at radius 3 is 2.87 bits per heavy atom. The normalized spacial score (nSPS) is 23.6. The van der Waals surface area contributed by atoms with E-state index in [-0.39, 0.29) is 11.4 Å². The molecule has 3 rings (SSSR count). The van der Waals surface area contributed by atoms with Crippen molar-refractivity contribution in [2.75, 3.05) is 26.8 Å². The summed E-state index contributed by atoms with van der Waals surface area (Å²) >= 11 is 0. The van der Waals surface area contributed by atoms with E-state index in [0.29, 0.717) is 12.5 Å². The van der Waals surface area contributed by atoms with Crippen molar-refractivity contribution in [2.24, 2.45) is 0 Å². The molecule has 1 saturated carbocycles. The Morgan fingerprint density at radius 1 is 1.35 bits per heavy atom. The largest absolute Gasteiger partial charge is 0.382 e. The number of piperidine rings is 1. The summed E-state index contributed by atoms with van der Waals surface area (Å²) in [6, 6.07) is 8.15. The van der Waals surface area contributed by atoms with Gasteiger partial charge in [-0.1, -0.05) is 25.0 Å². The first kappa shape index (κ1) is 16.5. The maximum absolute atomic E-state index is 12.7. The van der Waals surface area contributed by atoms with Gasteiger partial charge < -0.3 is 15.4 Å². The molecule has 4 heteroatoms. The summed E-state index contributed by atoms with van der Waals surface area (Å²) in [5.41, 5.74) is 1.88. The molecular weight excluding hydrogens is 288 g/mol. The Bertz CT molecular complexity index is 532. The lowest BCUT2D eigenvalue weighted by Crippen LogP contribution is -2.49. The average molecular weight is 316 g/mol. The number of ether oxygens (including phenoxy) is 1. The van der Waals surface area contributed by atoms with Gasteiger partial charge in [0, 0.05) is 19.2 Å². The first-order valence-electron chi connectivity index (χ1n) is 8.85. The molecule has 23 heavy (non-hydrogen) atoms. The molecule has 126 valence electrons. The third-order valence-electron chi connectivity index (χ3n) is 5.28. The molecule has 4 nitrogen and oxygen atoms in total. The summed E-state index contributed by atoms with van der Waals surface area (Å²) in [5, 5.41) is 6.71. The standard InChI is InChI=1S/C19H28N2O2/c1-23-14-19(9-2-3-10-19)21-18(22)16-7-4-6-15(12-16)17-8-5-11-20-13-17/h4,6-7,12,17,20H,2-3,5,8-11,13-14H2,1H3,(H,21,22)/t17-/m1/s1. The third-order valence-corrected chi connectivity index (χ3v) is 5.28. The molecule has 1 aliphatic carbocycles. The monoisotopic (exact) mass is 316 g/mol. The summed E-state index contributed by atoms with van der Waals surface area (Å²) < 4.78 is 5.36. The molecule has 1 atom stereocenters. The van der Waals surface area contributed by atoms with Crippen LogP contribution in [0.3, 0.4) is 0 Å². The lowest BCUT2D eigenvalue weighted by Gasteiger charge is -2.30. The van der Waals surface area contributed by atoms with Crippen LogP contribution in [0.5, 0.6) is 0 Å². The minimum atomic E-state index is -0.172. The van der Waals surface area contributed by atoms with Crippen molar-refractivity contribution in [2.45, 2.75) is 50.0 Å². The van der Waals surface area contributed by atoms with E-state index in [1.807, 2.05) is 12.1 Å². The highest BCUT2D eigenvalue weighted by atomic mass is 16.5. The summed E-state index contributed by atoms with van der Waals surface area (Å²) in [5.74, 6) is 0.561. The number of hydrogen-bond acceptors (Lipinski definition) is 3. The van der Waals surface area contributed by atoms with Crippen LogP contribution < -0.4 is 10.6 Å². The van der Waals surface area contributed by atoms with E-state index in [4.69, 9.17) is 4.74 Å². The second kappa shape index (κ2) is 7.45. The van der Waals surface area contributed by atoms with E-state index in [1.165, 1.54) is 18.4 Å². The summed E-state index contributed by atoms with van der Waals surface area (Å²) in [4.78, 5) is 12.7. The predicted octanol–water partition coefficient (Wildman–Crippen LogP) is 2.84. The Morgan fingerprint density at radius 2 is 2.17 bits per heavy atom. The summed E-state index contributed by atoms with van der Waals surface area (Å²) in [6.07, 6.45) is 6.76. The Kier molecular flexibility index (Phi) is 5.34. The lowest BCUT2D eigenvalue weighted by atomic mass is 9.90. The van der Waals surface area contributed by atoms with Gasteiger partial charge in [0.2, 0.25) is 0 Å². The number of nitrogens with one attached hydrogen (secondary N) is 2. The van der Waals surface area contributed by atoms with Gasteiger partial charge in [0.1, 0.15) is 0 Å². The fourth-order valence-corrected chi connectivity index (χ4v) is 4.02. The van der Waals surface area contributed by atoms with Crippen LogP contribution >= 0.6 is 0 Å². The van der Waals surface area contributed by atoms with Gasteiger partial charge in [-0.25, -0.2) is 0 Å². The molecule has 0 bridgehead atoms. The summed E-state index contributed by atoms with van der Waals surface area (Å²) in [7, 11) is 1.71. The van der Waals surface area contributed by atoms with E-state index in [1.54, 1.807) is 7.11 Å². The quantitative estimate of drug-likeness (QED) is 0.878. The third kappa shape index (κ3) is 3.93. The SMILES string of the molecule is COCC1(NC(=O)c2cccc([C@@H]3CCCNC3)c2)CCCC1. The van der Waals surface area contributed by atoms with Crippen LogP contribution in [-0.4, -0.2) is 38.3 Å². The van der Waals surface area contributed by atoms with Crippen molar-refractivity contribution in [3.05, 3.63) is 35.4 Å². The van der Waals surface area contributed by atoms with Crippen molar-refractivity contribution in [3.63, 3.8) is 0 Å². The van der Waals surface area contributed by atoms with E-state index in [0.717, 1.165) is 44.3 Å². The van der Waals surface area contributed by atoms with E-state index in [9.17, 15) is 4.79 Å². The zero-order valence-corrected chi connectivity index (χ0v) is 14.1. The second-order valence-corrected chi connectivity index (χ2v) is 7.04. The lowest BCUT2D eigenvalue weighted by molar-refractivity contribution is 0.0767. The van der Waals surface area contributed by atoms with Gasteiger partial charge in [0.15, 0.2) is 0 Å². The average Bonchev–Trinajstić information content (AvgIpc) is 3.04.